The minimum atomic E-state index is -1.17. The van der Waals surface area contributed by atoms with Crippen molar-refractivity contribution in [3.05, 3.63) is 51.3 Å². The lowest BCUT2D eigenvalue weighted by Gasteiger charge is -2.47. The molecule has 0 bridgehead atoms. The van der Waals surface area contributed by atoms with Crippen LogP contribution in [0.3, 0.4) is 0 Å². The number of carbonyl (C=O) groups is 1. The van der Waals surface area contributed by atoms with E-state index in [0.717, 1.165) is 22.2 Å². The van der Waals surface area contributed by atoms with Gasteiger partial charge in [0.25, 0.3) is 5.56 Å². The Morgan fingerprint density at radius 3 is 2.56 bits per heavy atom. The average Bonchev–Trinajstić information content (AvgIpc) is 3.37. The monoisotopic (exact) mass is 434 g/mol. The van der Waals surface area contributed by atoms with Gasteiger partial charge in [-0.25, -0.2) is 9.78 Å². The standard InChI is InChI=1S/C22H16N2O6.C2H6/c1-10-6-22(30-10)14-4-16-19-12(7-24(16)20(25)13(14)8-27-21(22)26)2-11-3-17-18(29-9-28-17)5-15(11)23-19;1-2/h2-5,10H,6-9H2,1H3;1-2H3/t10?,22-;/m0./s1. The lowest BCUT2D eigenvalue weighted by atomic mass is 9.79. The number of esters is 1. The zero-order chi connectivity index (χ0) is 22.2. The zero-order valence-electron chi connectivity index (χ0n) is 18.1. The van der Waals surface area contributed by atoms with Gasteiger partial charge in [-0.15, -0.1) is 0 Å². The summed E-state index contributed by atoms with van der Waals surface area (Å²) in [6.45, 7) is 6.50. The normalized spacial score (nSPS) is 23.6. The van der Waals surface area contributed by atoms with Crippen molar-refractivity contribution >= 4 is 16.9 Å². The first-order chi connectivity index (χ1) is 15.5. The maximum absolute atomic E-state index is 13.3. The van der Waals surface area contributed by atoms with Crippen molar-refractivity contribution in [2.45, 2.75) is 52.0 Å². The Balaban J connectivity index is 0.000000953. The molecule has 1 fully saturated rings. The fourth-order valence-electron chi connectivity index (χ4n) is 5.07. The fraction of sp³-hybridized carbons (Fsp3) is 0.375. The van der Waals surface area contributed by atoms with Crippen LogP contribution in [0, 0.1) is 0 Å². The van der Waals surface area contributed by atoms with Gasteiger partial charge in [0.15, 0.2) is 17.1 Å². The summed E-state index contributed by atoms with van der Waals surface area (Å²) in [5.41, 5.74) is 2.93. The summed E-state index contributed by atoms with van der Waals surface area (Å²) in [5, 5.41) is 0.926. The molecule has 1 saturated heterocycles. The summed E-state index contributed by atoms with van der Waals surface area (Å²) >= 11 is 0. The number of pyridine rings is 2. The molecule has 2 aromatic heterocycles. The van der Waals surface area contributed by atoms with Crippen LogP contribution >= 0.6 is 0 Å². The van der Waals surface area contributed by atoms with Crippen LogP contribution in [0.4, 0.5) is 0 Å². The number of cyclic esters (lactones) is 1. The van der Waals surface area contributed by atoms with Gasteiger partial charge in [-0.2, -0.15) is 0 Å². The molecule has 2 atom stereocenters. The van der Waals surface area contributed by atoms with Crippen LogP contribution in [-0.4, -0.2) is 28.4 Å². The van der Waals surface area contributed by atoms with Crippen LogP contribution in [-0.2, 0) is 33.0 Å². The van der Waals surface area contributed by atoms with Gasteiger partial charge in [0, 0.05) is 29.0 Å². The third kappa shape index (κ3) is 2.38. The molecule has 7 rings (SSSR count). The second-order valence-corrected chi connectivity index (χ2v) is 8.24. The number of aromatic nitrogens is 2. The molecule has 0 N–H and O–H groups in total. The van der Waals surface area contributed by atoms with Crippen molar-refractivity contribution in [2.24, 2.45) is 0 Å². The molecule has 1 aromatic carbocycles. The second kappa shape index (κ2) is 6.56. The number of hydrogen-bond acceptors (Lipinski definition) is 7. The second-order valence-electron chi connectivity index (χ2n) is 8.24. The van der Waals surface area contributed by atoms with Gasteiger partial charge in [-0.3, -0.25) is 4.79 Å². The molecular weight excluding hydrogens is 412 g/mol. The van der Waals surface area contributed by atoms with Crippen molar-refractivity contribution in [1.82, 2.24) is 9.55 Å². The number of ether oxygens (including phenoxy) is 4. The van der Waals surface area contributed by atoms with Crippen LogP contribution in [0.5, 0.6) is 11.5 Å². The van der Waals surface area contributed by atoms with E-state index in [4.69, 9.17) is 23.9 Å². The van der Waals surface area contributed by atoms with Gasteiger partial charge in [0.1, 0.15) is 6.61 Å². The lowest BCUT2D eigenvalue weighted by Crippen LogP contribution is -2.56. The third-order valence-electron chi connectivity index (χ3n) is 6.45. The van der Waals surface area contributed by atoms with Crippen LogP contribution in [0.2, 0.25) is 0 Å². The number of benzene rings is 1. The molecule has 0 aliphatic carbocycles. The van der Waals surface area contributed by atoms with Crippen LogP contribution in [0.1, 0.15) is 43.9 Å². The highest BCUT2D eigenvalue weighted by Crippen LogP contribution is 2.48. The molecule has 0 saturated carbocycles. The van der Waals surface area contributed by atoms with E-state index in [0.29, 0.717) is 41.3 Å². The van der Waals surface area contributed by atoms with Gasteiger partial charge >= 0.3 is 5.97 Å². The van der Waals surface area contributed by atoms with Crippen molar-refractivity contribution in [3.63, 3.8) is 0 Å². The first kappa shape index (κ1) is 19.3. The molecule has 8 heteroatoms. The number of nitrogens with zero attached hydrogens (tertiary/aromatic N) is 2. The number of rotatable bonds is 0. The third-order valence-corrected chi connectivity index (χ3v) is 6.45. The van der Waals surface area contributed by atoms with E-state index in [2.05, 4.69) is 0 Å². The quantitative estimate of drug-likeness (QED) is 0.393. The summed E-state index contributed by atoms with van der Waals surface area (Å²) in [6.07, 6.45) is 0.446. The Morgan fingerprint density at radius 1 is 1.06 bits per heavy atom. The van der Waals surface area contributed by atoms with E-state index in [1.165, 1.54) is 0 Å². The van der Waals surface area contributed by atoms with E-state index < -0.39 is 11.6 Å². The van der Waals surface area contributed by atoms with Gasteiger partial charge in [-0.05, 0) is 25.1 Å². The smallest absolute Gasteiger partial charge is 0.343 e. The Bertz CT molecular complexity index is 1370. The molecule has 0 amide bonds. The Morgan fingerprint density at radius 2 is 1.81 bits per heavy atom. The largest absolute Gasteiger partial charge is 0.458 e. The van der Waals surface area contributed by atoms with Gasteiger partial charge in [-0.1, -0.05) is 13.8 Å². The minimum absolute atomic E-state index is 0.0279. The highest BCUT2D eigenvalue weighted by atomic mass is 16.7. The van der Waals surface area contributed by atoms with E-state index in [-0.39, 0.29) is 25.1 Å². The average molecular weight is 434 g/mol. The van der Waals surface area contributed by atoms with Crippen molar-refractivity contribution in [3.8, 4) is 22.9 Å². The van der Waals surface area contributed by atoms with Gasteiger partial charge in [0.05, 0.1) is 35.1 Å². The molecule has 164 valence electrons. The van der Waals surface area contributed by atoms with Crippen LogP contribution in [0.15, 0.2) is 29.1 Å². The van der Waals surface area contributed by atoms with Gasteiger partial charge in [0.2, 0.25) is 6.79 Å². The van der Waals surface area contributed by atoms with Crippen molar-refractivity contribution in [1.29, 1.82) is 0 Å². The van der Waals surface area contributed by atoms with Gasteiger partial charge < -0.3 is 23.5 Å². The first-order valence-electron chi connectivity index (χ1n) is 10.9. The lowest BCUT2D eigenvalue weighted by molar-refractivity contribution is -0.234. The first-order valence-corrected chi connectivity index (χ1v) is 10.9. The van der Waals surface area contributed by atoms with E-state index in [9.17, 15) is 9.59 Å². The maximum Gasteiger partial charge on any atom is 0.343 e. The predicted octanol–water partition coefficient (Wildman–Crippen LogP) is 3.24. The molecule has 32 heavy (non-hydrogen) atoms. The molecule has 1 unspecified atom stereocenters. The molecule has 8 nitrogen and oxygen atoms in total. The van der Waals surface area contributed by atoms with E-state index in [1.807, 2.05) is 45.0 Å². The summed E-state index contributed by atoms with van der Waals surface area (Å²) in [6, 6.07) is 7.69. The molecule has 4 aliphatic rings. The minimum Gasteiger partial charge on any atom is -0.458 e. The van der Waals surface area contributed by atoms with E-state index in [1.54, 1.807) is 4.57 Å². The summed E-state index contributed by atoms with van der Waals surface area (Å²) in [7, 11) is 0. The summed E-state index contributed by atoms with van der Waals surface area (Å²) < 4.78 is 23.8. The molecule has 6 heterocycles. The molecule has 1 spiro atoms. The topological polar surface area (TPSA) is 88.9 Å². The molecular formula is C24H22N2O6. The highest BCUT2D eigenvalue weighted by molar-refractivity contribution is 5.88. The molecule has 3 aromatic rings. The number of fused-ring (bicyclic) bond motifs is 7. The molecule has 0 radical (unpaired) electrons. The van der Waals surface area contributed by atoms with Crippen LogP contribution in [0.25, 0.3) is 22.3 Å². The Kier molecular flexibility index (Phi) is 3.96. The highest BCUT2D eigenvalue weighted by Gasteiger charge is 2.56. The predicted molar refractivity (Wildman–Crippen MR) is 115 cm³/mol. The zero-order valence-corrected chi connectivity index (χ0v) is 18.1. The number of carbonyl (C=O) groups excluding carboxylic acids is 1. The summed E-state index contributed by atoms with van der Waals surface area (Å²) in [5.74, 6) is 0.936. The maximum atomic E-state index is 13.3. The fourth-order valence-corrected chi connectivity index (χ4v) is 5.07. The number of hydrogen-bond donors (Lipinski definition) is 0. The molecule has 4 aliphatic heterocycles. The van der Waals surface area contributed by atoms with E-state index >= 15 is 0 Å². The SMILES string of the molecule is CC.CC1C[C@@]2(O1)C(=O)OCc1c2cc2n(c1=O)Cc1cc3cc4c(cc3nc1-2)OCO4. The van der Waals surface area contributed by atoms with Crippen LogP contribution < -0.4 is 15.0 Å². The van der Waals surface area contributed by atoms with Crippen molar-refractivity contribution in [2.75, 3.05) is 6.79 Å². The Labute approximate surface area is 183 Å². The Hall–Kier alpha value is -3.39. The van der Waals surface area contributed by atoms with Crippen molar-refractivity contribution < 1.29 is 23.7 Å². The summed E-state index contributed by atoms with van der Waals surface area (Å²) in [4.78, 5) is 30.7.